The number of aliphatic hydroxyl groups is 1. The monoisotopic (exact) mass is 488 g/mol. The summed E-state index contributed by atoms with van der Waals surface area (Å²) in [7, 11) is 0. The Hall–Kier alpha value is -4.02. The van der Waals surface area contributed by atoms with Crippen LogP contribution in [0.4, 0.5) is 10.5 Å². The fraction of sp³-hybridized carbons (Fsp3) is 0.200. The third-order valence-electron chi connectivity index (χ3n) is 5.17. The number of thiazole rings is 1. The number of carbonyl (C=O) groups excluding carboxylic acids is 1. The molecule has 2 aromatic carbocycles. The van der Waals surface area contributed by atoms with Gasteiger partial charge in [0.1, 0.15) is 28.6 Å². The molecule has 0 bridgehead atoms. The second kappa shape index (κ2) is 8.97. The maximum atomic E-state index is 12.0. The van der Waals surface area contributed by atoms with E-state index in [1.165, 1.54) is 0 Å². The molecule has 178 valence electrons. The minimum atomic E-state index is -1.00. The number of nitrogens with one attached hydrogen (secondary N) is 1. The van der Waals surface area contributed by atoms with Gasteiger partial charge in [0.2, 0.25) is 0 Å². The van der Waals surface area contributed by atoms with Gasteiger partial charge in [0.25, 0.3) is 0 Å². The average molecular weight is 489 g/mol. The van der Waals surface area contributed by atoms with Gasteiger partial charge < -0.3 is 9.84 Å². The van der Waals surface area contributed by atoms with E-state index in [9.17, 15) is 9.90 Å². The highest BCUT2D eigenvalue weighted by atomic mass is 32.1. The lowest BCUT2D eigenvalue weighted by Crippen LogP contribution is -2.27. The van der Waals surface area contributed by atoms with Crippen LogP contribution in [0, 0.1) is 0 Å². The number of amides is 1. The van der Waals surface area contributed by atoms with Crippen molar-refractivity contribution in [2.24, 2.45) is 0 Å². The maximum Gasteiger partial charge on any atom is 0.412 e. The van der Waals surface area contributed by atoms with E-state index in [2.05, 4.69) is 20.6 Å². The van der Waals surface area contributed by atoms with Crippen LogP contribution < -0.4 is 5.32 Å². The summed E-state index contributed by atoms with van der Waals surface area (Å²) < 4.78 is 8.74. The predicted molar refractivity (Wildman–Crippen MR) is 134 cm³/mol. The summed E-state index contributed by atoms with van der Waals surface area (Å²) >= 11 is 1.56. The molecule has 1 unspecified atom stereocenters. The highest BCUT2D eigenvalue weighted by molar-refractivity contribution is 7.20. The molecule has 5 aromatic rings. The van der Waals surface area contributed by atoms with Crippen molar-refractivity contribution >= 4 is 27.9 Å². The van der Waals surface area contributed by atoms with Gasteiger partial charge in [-0.25, -0.2) is 14.5 Å². The maximum absolute atomic E-state index is 12.0. The van der Waals surface area contributed by atoms with Crippen LogP contribution in [0.1, 0.15) is 38.3 Å². The van der Waals surface area contributed by atoms with E-state index in [-0.39, 0.29) is 0 Å². The lowest BCUT2D eigenvalue weighted by atomic mass is 10.1. The van der Waals surface area contributed by atoms with Gasteiger partial charge in [-0.15, -0.1) is 16.4 Å². The number of carbonyl (C=O) groups is 1. The predicted octanol–water partition coefficient (Wildman–Crippen LogP) is 5.07. The molecule has 35 heavy (non-hydrogen) atoms. The zero-order valence-corrected chi connectivity index (χ0v) is 20.2. The normalized spacial score (nSPS) is 12.6. The molecule has 2 N–H and O–H groups in total. The van der Waals surface area contributed by atoms with Crippen LogP contribution in [-0.2, 0) is 4.74 Å². The van der Waals surface area contributed by atoms with E-state index in [0.29, 0.717) is 17.1 Å². The number of aromatic nitrogens is 5. The fourth-order valence-corrected chi connectivity index (χ4v) is 4.78. The van der Waals surface area contributed by atoms with E-state index >= 15 is 0 Å². The third kappa shape index (κ3) is 4.79. The van der Waals surface area contributed by atoms with Crippen LogP contribution in [0.25, 0.3) is 21.0 Å². The number of aliphatic hydroxyl groups excluding tert-OH is 1. The first-order chi connectivity index (χ1) is 16.8. The van der Waals surface area contributed by atoms with Crippen molar-refractivity contribution in [2.45, 2.75) is 32.5 Å². The molecule has 0 saturated carbocycles. The molecule has 5 rings (SSSR count). The molecular formula is C25H24N6O3S. The summed E-state index contributed by atoms with van der Waals surface area (Å²) in [5.41, 5.74) is 2.86. The van der Waals surface area contributed by atoms with Gasteiger partial charge in [-0.05, 0) is 50.6 Å². The van der Waals surface area contributed by atoms with Crippen LogP contribution in [0.3, 0.4) is 0 Å². The fourth-order valence-electron chi connectivity index (χ4n) is 3.65. The minimum Gasteiger partial charge on any atom is -0.444 e. The second-order valence-corrected chi connectivity index (χ2v) is 9.98. The molecule has 0 aliphatic rings. The second-order valence-electron chi connectivity index (χ2n) is 8.95. The summed E-state index contributed by atoms with van der Waals surface area (Å²) in [5.74, 6) is 0. The van der Waals surface area contributed by atoms with Crippen molar-refractivity contribution in [2.75, 3.05) is 5.32 Å². The quantitative estimate of drug-likeness (QED) is 0.358. The molecule has 1 amide bonds. The van der Waals surface area contributed by atoms with Crippen molar-refractivity contribution in [3.05, 3.63) is 84.7 Å². The van der Waals surface area contributed by atoms with Gasteiger partial charge in [0.05, 0.1) is 28.7 Å². The van der Waals surface area contributed by atoms with Gasteiger partial charge in [-0.2, -0.15) is 0 Å². The van der Waals surface area contributed by atoms with Crippen LogP contribution in [0.2, 0.25) is 0 Å². The highest BCUT2D eigenvalue weighted by Crippen LogP contribution is 2.38. The Morgan fingerprint density at radius 1 is 1.11 bits per heavy atom. The summed E-state index contributed by atoms with van der Waals surface area (Å²) in [6.07, 6.45) is 3.63. The lowest BCUT2D eigenvalue weighted by Gasteiger charge is -2.19. The highest BCUT2D eigenvalue weighted by Gasteiger charge is 2.25. The van der Waals surface area contributed by atoms with Crippen LogP contribution in [0.15, 0.2) is 73.3 Å². The summed E-state index contributed by atoms with van der Waals surface area (Å²) in [5, 5.41) is 22.4. The molecular weight excluding hydrogens is 464 g/mol. The Labute approximate surface area is 205 Å². The van der Waals surface area contributed by atoms with Gasteiger partial charge in [-0.3, -0.25) is 9.72 Å². The molecule has 9 nitrogen and oxygen atoms in total. The van der Waals surface area contributed by atoms with Crippen molar-refractivity contribution in [1.82, 2.24) is 24.4 Å². The Balaban J connectivity index is 1.39. The molecule has 0 radical (unpaired) electrons. The Bertz CT molecular complexity index is 1460. The molecule has 0 aliphatic heterocycles. The first-order valence-electron chi connectivity index (χ1n) is 11.0. The molecule has 0 saturated heterocycles. The van der Waals surface area contributed by atoms with Gasteiger partial charge in [-0.1, -0.05) is 35.5 Å². The summed E-state index contributed by atoms with van der Waals surface area (Å²) in [6.45, 7) is 5.43. The van der Waals surface area contributed by atoms with E-state index in [1.807, 2.05) is 55.5 Å². The first-order valence-corrected chi connectivity index (χ1v) is 11.8. The number of hydrogen-bond acceptors (Lipinski definition) is 7. The number of fused-ring (bicyclic) bond motifs is 1. The molecule has 0 aliphatic carbocycles. The number of anilines is 1. The Kier molecular flexibility index (Phi) is 5.83. The number of ether oxygens (including phenoxy) is 1. The van der Waals surface area contributed by atoms with Gasteiger partial charge >= 0.3 is 6.09 Å². The lowest BCUT2D eigenvalue weighted by molar-refractivity contribution is 0.0636. The number of hydrogen-bond donors (Lipinski definition) is 2. The zero-order valence-electron chi connectivity index (χ0n) is 19.4. The molecule has 3 aromatic heterocycles. The molecule has 1 atom stereocenters. The van der Waals surface area contributed by atoms with Gasteiger partial charge in [0.15, 0.2) is 0 Å². The van der Waals surface area contributed by atoms with Crippen molar-refractivity contribution in [3.8, 4) is 16.1 Å². The van der Waals surface area contributed by atoms with E-state index in [4.69, 9.17) is 4.74 Å². The summed E-state index contributed by atoms with van der Waals surface area (Å²) in [6, 6.07) is 17.0. The topological polar surface area (TPSA) is 107 Å². The van der Waals surface area contributed by atoms with Crippen LogP contribution >= 0.6 is 11.3 Å². The Morgan fingerprint density at radius 2 is 1.86 bits per heavy atom. The van der Waals surface area contributed by atoms with Crippen molar-refractivity contribution < 1.29 is 14.6 Å². The molecule has 10 heteroatoms. The minimum absolute atomic E-state index is 0.409. The number of rotatable bonds is 5. The Morgan fingerprint density at radius 3 is 2.57 bits per heavy atom. The third-order valence-corrected chi connectivity index (χ3v) is 6.33. The van der Waals surface area contributed by atoms with E-state index < -0.39 is 17.8 Å². The zero-order chi connectivity index (χ0) is 24.6. The molecule has 0 fully saturated rings. The smallest absolute Gasteiger partial charge is 0.412 e. The number of imidazole rings is 1. The summed E-state index contributed by atoms with van der Waals surface area (Å²) in [4.78, 5) is 18.1. The van der Waals surface area contributed by atoms with Crippen molar-refractivity contribution in [3.63, 3.8) is 0 Å². The standard InChI is InChI=1S/C25H24N6O3S/c1-25(2,3)34-24(33)27-17-9-11-18(12-10-17)31-14-19(28-29-31)22(32)21-23(16-7-5-4-6-8-16)35-20-13-26-15-30(20)21/h4-15,22,32H,1-3H3,(H,27,33). The van der Waals surface area contributed by atoms with E-state index in [1.54, 1.807) is 59.0 Å². The number of nitrogens with zero attached hydrogens (tertiary/aromatic N) is 5. The SMILES string of the molecule is CC(C)(C)OC(=O)Nc1ccc(-n2cc(C(O)c3c(-c4ccccc4)sc4cncn34)nn2)cc1. The van der Waals surface area contributed by atoms with Gasteiger partial charge in [0, 0.05) is 5.69 Å². The average Bonchev–Trinajstić information content (AvgIpc) is 3.55. The number of benzene rings is 2. The molecule has 0 spiro atoms. The van der Waals surface area contributed by atoms with E-state index in [0.717, 1.165) is 21.0 Å². The van der Waals surface area contributed by atoms with Crippen molar-refractivity contribution in [1.29, 1.82) is 0 Å². The first kappa shape index (κ1) is 22.8. The van der Waals surface area contributed by atoms with Crippen LogP contribution in [-0.4, -0.2) is 41.2 Å². The molecule has 3 heterocycles. The van der Waals surface area contributed by atoms with Crippen LogP contribution in [0.5, 0.6) is 0 Å². The largest absolute Gasteiger partial charge is 0.444 e.